The third-order valence-corrected chi connectivity index (χ3v) is 5.11. The van der Waals surface area contributed by atoms with Crippen LogP contribution in [-0.2, 0) is 17.5 Å². The first-order valence-corrected chi connectivity index (χ1v) is 10.3. The lowest BCUT2D eigenvalue weighted by Crippen LogP contribution is -2.35. The van der Waals surface area contributed by atoms with Crippen molar-refractivity contribution in [1.29, 1.82) is 0 Å². The first kappa shape index (κ1) is 22.6. The molecule has 3 aromatic rings. The van der Waals surface area contributed by atoms with Crippen LogP contribution in [0.5, 0.6) is 0 Å². The highest BCUT2D eigenvalue weighted by molar-refractivity contribution is 5.78. The Kier molecular flexibility index (Phi) is 6.27. The summed E-state index contributed by atoms with van der Waals surface area (Å²) in [4.78, 5) is 21.7. The number of hydrogen-bond acceptors (Lipinski definition) is 7. The van der Waals surface area contributed by atoms with Gasteiger partial charge in [-0.1, -0.05) is 5.21 Å². The van der Waals surface area contributed by atoms with Gasteiger partial charge in [0.25, 0.3) is 0 Å². The molecule has 0 aromatic carbocycles. The van der Waals surface area contributed by atoms with Crippen molar-refractivity contribution in [2.75, 3.05) is 18.4 Å². The van der Waals surface area contributed by atoms with E-state index in [0.29, 0.717) is 30.2 Å². The maximum absolute atomic E-state index is 13.0. The Balaban J connectivity index is 1.47. The molecule has 1 unspecified atom stereocenters. The molecule has 1 aliphatic heterocycles. The lowest BCUT2D eigenvalue weighted by Gasteiger charge is -2.19. The fraction of sp³-hybridized carbons (Fsp3) is 0.381. The highest BCUT2D eigenvalue weighted by Gasteiger charge is 2.30. The number of halogens is 3. The van der Waals surface area contributed by atoms with E-state index in [1.807, 2.05) is 6.92 Å². The van der Waals surface area contributed by atoms with E-state index in [-0.39, 0.29) is 24.8 Å². The van der Waals surface area contributed by atoms with Gasteiger partial charge in [0.1, 0.15) is 17.3 Å². The Hall–Kier alpha value is -3.54. The fourth-order valence-corrected chi connectivity index (χ4v) is 3.60. The molecule has 0 radical (unpaired) electrons. The zero-order chi connectivity index (χ0) is 23.6. The SMILES string of the molecule is Cc1cc(Nc2cc(C(F)(F)F)ccn2)nc(-c2cn(CC(O)CN3CCCC3=O)nn2)c1. The van der Waals surface area contributed by atoms with Crippen molar-refractivity contribution in [3.05, 3.63) is 47.8 Å². The molecule has 12 heteroatoms. The molecule has 0 spiro atoms. The third-order valence-electron chi connectivity index (χ3n) is 5.11. The van der Waals surface area contributed by atoms with Gasteiger partial charge in [-0.15, -0.1) is 5.10 Å². The Morgan fingerprint density at radius 1 is 1.18 bits per heavy atom. The average molecular weight is 461 g/mol. The summed E-state index contributed by atoms with van der Waals surface area (Å²) in [7, 11) is 0. The number of nitrogens with one attached hydrogen (secondary N) is 1. The van der Waals surface area contributed by atoms with Gasteiger partial charge in [0.2, 0.25) is 5.91 Å². The number of carbonyl (C=O) groups is 1. The van der Waals surface area contributed by atoms with Gasteiger partial charge >= 0.3 is 6.18 Å². The predicted molar refractivity (Wildman–Crippen MR) is 112 cm³/mol. The van der Waals surface area contributed by atoms with Crippen LogP contribution < -0.4 is 5.32 Å². The molecule has 1 atom stereocenters. The van der Waals surface area contributed by atoms with Gasteiger partial charge in [-0.3, -0.25) is 4.79 Å². The molecule has 0 bridgehead atoms. The van der Waals surface area contributed by atoms with E-state index in [1.54, 1.807) is 23.2 Å². The van der Waals surface area contributed by atoms with Gasteiger partial charge in [-0.05, 0) is 43.2 Å². The Morgan fingerprint density at radius 2 is 2.00 bits per heavy atom. The molecule has 4 rings (SSSR count). The van der Waals surface area contributed by atoms with Crippen molar-refractivity contribution in [3.8, 4) is 11.4 Å². The quantitative estimate of drug-likeness (QED) is 0.557. The summed E-state index contributed by atoms with van der Waals surface area (Å²) >= 11 is 0. The molecule has 1 saturated heterocycles. The second-order valence-corrected chi connectivity index (χ2v) is 7.89. The number of aliphatic hydroxyl groups is 1. The minimum Gasteiger partial charge on any atom is -0.389 e. The first-order chi connectivity index (χ1) is 15.7. The summed E-state index contributed by atoms with van der Waals surface area (Å²) in [5.74, 6) is 0.351. The summed E-state index contributed by atoms with van der Waals surface area (Å²) in [5.41, 5.74) is 0.879. The van der Waals surface area contributed by atoms with E-state index in [0.717, 1.165) is 30.3 Å². The van der Waals surface area contributed by atoms with Crippen molar-refractivity contribution < 1.29 is 23.1 Å². The van der Waals surface area contributed by atoms with Crippen molar-refractivity contribution in [2.45, 2.75) is 38.6 Å². The number of pyridine rings is 2. The zero-order valence-corrected chi connectivity index (χ0v) is 17.7. The summed E-state index contributed by atoms with van der Waals surface area (Å²) in [5, 5.41) is 21.2. The van der Waals surface area contributed by atoms with E-state index in [9.17, 15) is 23.1 Å². The fourth-order valence-electron chi connectivity index (χ4n) is 3.60. The van der Waals surface area contributed by atoms with E-state index < -0.39 is 17.8 Å². The highest BCUT2D eigenvalue weighted by atomic mass is 19.4. The van der Waals surface area contributed by atoms with Gasteiger partial charge in [0.05, 0.1) is 30.1 Å². The number of nitrogens with zero attached hydrogens (tertiary/aromatic N) is 6. The molecule has 0 aliphatic carbocycles. The number of anilines is 2. The average Bonchev–Trinajstić information content (AvgIpc) is 3.36. The number of amides is 1. The van der Waals surface area contributed by atoms with Crippen molar-refractivity contribution in [3.63, 3.8) is 0 Å². The van der Waals surface area contributed by atoms with E-state index >= 15 is 0 Å². The second-order valence-electron chi connectivity index (χ2n) is 7.89. The van der Waals surface area contributed by atoms with E-state index in [1.165, 1.54) is 4.68 Å². The van der Waals surface area contributed by atoms with Crippen molar-refractivity contribution in [2.24, 2.45) is 0 Å². The maximum atomic E-state index is 13.0. The van der Waals surface area contributed by atoms with Gasteiger partial charge in [0.15, 0.2) is 0 Å². The number of hydrogen-bond donors (Lipinski definition) is 2. The Morgan fingerprint density at radius 3 is 2.73 bits per heavy atom. The van der Waals surface area contributed by atoms with Crippen molar-refractivity contribution in [1.82, 2.24) is 29.9 Å². The maximum Gasteiger partial charge on any atom is 0.416 e. The number of aromatic nitrogens is 5. The van der Waals surface area contributed by atoms with E-state index in [2.05, 4.69) is 25.6 Å². The summed E-state index contributed by atoms with van der Waals surface area (Å²) in [6.45, 7) is 2.84. The lowest BCUT2D eigenvalue weighted by atomic mass is 10.2. The number of carbonyl (C=O) groups excluding carboxylic acids is 1. The lowest BCUT2D eigenvalue weighted by molar-refractivity contribution is -0.137. The molecule has 0 saturated carbocycles. The Labute approximate surface area is 187 Å². The third kappa shape index (κ3) is 5.64. The van der Waals surface area contributed by atoms with Crippen LogP contribution in [0.2, 0.25) is 0 Å². The van der Waals surface area contributed by atoms with Gasteiger partial charge in [-0.25, -0.2) is 14.6 Å². The smallest absolute Gasteiger partial charge is 0.389 e. The number of alkyl halides is 3. The monoisotopic (exact) mass is 461 g/mol. The molecule has 1 aliphatic rings. The largest absolute Gasteiger partial charge is 0.416 e. The first-order valence-electron chi connectivity index (χ1n) is 10.3. The number of aryl methyl sites for hydroxylation is 1. The van der Waals surface area contributed by atoms with Crippen LogP contribution in [0.25, 0.3) is 11.4 Å². The van der Waals surface area contributed by atoms with Crippen LogP contribution in [0.1, 0.15) is 24.0 Å². The molecular weight excluding hydrogens is 439 g/mol. The molecule has 9 nitrogen and oxygen atoms in total. The normalized spacial score (nSPS) is 15.2. The summed E-state index contributed by atoms with van der Waals surface area (Å²) in [6, 6.07) is 5.24. The van der Waals surface area contributed by atoms with Crippen LogP contribution in [0.4, 0.5) is 24.8 Å². The van der Waals surface area contributed by atoms with Gasteiger partial charge in [-0.2, -0.15) is 13.2 Å². The van der Waals surface area contributed by atoms with Crippen molar-refractivity contribution >= 4 is 17.5 Å². The number of likely N-dealkylation sites (tertiary alicyclic amines) is 1. The minimum atomic E-state index is -4.48. The van der Waals surface area contributed by atoms with Crippen LogP contribution in [0.3, 0.4) is 0 Å². The summed E-state index contributed by atoms with van der Waals surface area (Å²) < 4.78 is 40.3. The molecule has 1 fully saturated rings. The van der Waals surface area contributed by atoms with Crippen LogP contribution in [0.15, 0.2) is 36.7 Å². The van der Waals surface area contributed by atoms with E-state index in [4.69, 9.17) is 0 Å². The molecule has 33 heavy (non-hydrogen) atoms. The molecular formula is C21H22F3N7O2. The second kappa shape index (κ2) is 9.14. The molecule has 2 N–H and O–H groups in total. The standard InChI is InChI=1S/C21H22F3N7O2/c1-13-7-16(26-19(8-13)27-18-9-14(4-5-25-18)21(22,23)24)17-12-31(29-28-17)11-15(32)10-30-6-2-3-20(30)33/h4-5,7-9,12,15,32H,2-3,6,10-11H2,1H3,(H,25,26,27). The van der Waals surface area contributed by atoms with Gasteiger partial charge < -0.3 is 15.3 Å². The molecule has 1 amide bonds. The molecule has 174 valence electrons. The Bertz CT molecular complexity index is 1150. The minimum absolute atomic E-state index is 0.0112. The number of rotatable bonds is 7. The topological polar surface area (TPSA) is 109 Å². The molecule has 4 heterocycles. The van der Waals surface area contributed by atoms with Gasteiger partial charge in [0, 0.05) is 25.7 Å². The zero-order valence-electron chi connectivity index (χ0n) is 17.7. The number of aliphatic hydroxyl groups excluding tert-OH is 1. The summed E-state index contributed by atoms with van der Waals surface area (Å²) in [6.07, 6.45) is -1.28. The van der Waals surface area contributed by atoms with Crippen LogP contribution >= 0.6 is 0 Å². The van der Waals surface area contributed by atoms with Crippen LogP contribution in [0, 0.1) is 6.92 Å². The van der Waals surface area contributed by atoms with Crippen LogP contribution in [-0.4, -0.2) is 60.1 Å². The number of β-amino-alcohol motifs (C(OH)–C–C–N with tert-alkyl or cyclic N) is 1. The molecule has 3 aromatic heterocycles. The predicted octanol–water partition coefficient (Wildman–Crippen LogP) is 2.79. The highest BCUT2D eigenvalue weighted by Crippen LogP contribution is 2.30.